The van der Waals surface area contributed by atoms with Gasteiger partial charge in [0.05, 0.1) is 27.7 Å². The van der Waals surface area contributed by atoms with Crippen molar-refractivity contribution in [1.82, 2.24) is 10.2 Å². The second-order valence-electron chi connectivity index (χ2n) is 9.86. The Bertz CT molecular complexity index is 1380. The monoisotopic (exact) mass is 600 g/mol. The van der Waals surface area contributed by atoms with Crippen LogP contribution in [-0.2, 0) is 11.3 Å². The number of hydrogen-bond donors (Lipinski definition) is 2. The summed E-state index contributed by atoms with van der Waals surface area (Å²) in [5, 5.41) is 15.0. The molecule has 3 aromatic rings. The Morgan fingerprint density at radius 1 is 0.925 bits per heavy atom. The fraction of sp³-hybridized carbons (Fsp3) is 0.323. The summed E-state index contributed by atoms with van der Waals surface area (Å²) in [5.41, 5.74) is 3.26. The molecule has 1 unspecified atom stereocenters. The molecule has 0 radical (unpaired) electrons. The van der Waals surface area contributed by atoms with Crippen LogP contribution in [0.4, 0.5) is 0 Å². The number of para-hydroxylation sites is 1. The van der Waals surface area contributed by atoms with Gasteiger partial charge in [-0.3, -0.25) is 4.79 Å². The Morgan fingerprint density at radius 3 is 2.38 bits per heavy atom. The molecule has 40 heavy (non-hydrogen) atoms. The molecule has 6 nitrogen and oxygen atoms in total. The summed E-state index contributed by atoms with van der Waals surface area (Å²) in [7, 11) is 0. The number of rotatable bonds is 11. The smallest absolute Gasteiger partial charge is 0.252 e. The van der Waals surface area contributed by atoms with E-state index in [2.05, 4.69) is 5.32 Å². The molecule has 9 heteroatoms. The SMILES string of the molecule is O=C(C1=C(c2ccc(OCCOc3ccccc3Cl)cc2)CCNC1CO)N(Cc1cccc(Cl)c1Cl)C1CC1. The highest BCUT2D eigenvalue weighted by Crippen LogP contribution is 2.36. The zero-order valence-corrected chi connectivity index (χ0v) is 24.2. The number of benzene rings is 3. The fourth-order valence-electron chi connectivity index (χ4n) is 4.94. The van der Waals surface area contributed by atoms with Gasteiger partial charge in [-0.2, -0.15) is 0 Å². The molecule has 0 spiro atoms. The summed E-state index contributed by atoms with van der Waals surface area (Å²) in [5.74, 6) is 1.23. The molecule has 0 bridgehead atoms. The molecule has 1 fully saturated rings. The van der Waals surface area contributed by atoms with Crippen molar-refractivity contribution in [3.63, 3.8) is 0 Å². The van der Waals surface area contributed by atoms with Crippen LogP contribution in [0.25, 0.3) is 5.57 Å². The maximum Gasteiger partial charge on any atom is 0.252 e. The van der Waals surface area contributed by atoms with Crippen molar-refractivity contribution in [3.8, 4) is 11.5 Å². The lowest BCUT2D eigenvalue weighted by Gasteiger charge is -2.33. The lowest BCUT2D eigenvalue weighted by molar-refractivity contribution is -0.128. The Morgan fingerprint density at radius 2 is 1.65 bits per heavy atom. The lowest BCUT2D eigenvalue weighted by Crippen LogP contribution is -2.46. The van der Waals surface area contributed by atoms with E-state index in [1.807, 2.05) is 59.5 Å². The maximum absolute atomic E-state index is 14.1. The molecule has 0 saturated heterocycles. The van der Waals surface area contributed by atoms with Crippen molar-refractivity contribution in [2.45, 2.75) is 37.9 Å². The van der Waals surface area contributed by atoms with E-state index in [-0.39, 0.29) is 18.6 Å². The molecule has 3 aromatic carbocycles. The minimum absolute atomic E-state index is 0.0863. The van der Waals surface area contributed by atoms with Gasteiger partial charge < -0.3 is 24.8 Å². The van der Waals surface area contributed by atoms with Crippen LogP contribution in [0.1, 0.15) is 30.4 Å². The van der Waals surface area contributed by atoms with E-state index in [4.69, 9.17) is 44.3 Å². The molecule has 2 aliphatic rings. The third-order valence-corrected chi connectivity index (χ3v) is 8.29. The number of carbonyl (C=O) groups excluding carboxylic acids is 1. The predicted molar refractivity (Wildman–Crippen MR) is 159 cm³/mol. The van der Waals surface area contributed by atoms with E-state index < -0.39 is 6.04 Å². The standard InChI is InChI=1S/C31H31Cl3N2O4/c32-25-5-1-2-7-28(25)40-17-16-39-23-12-8-20(9-13-23)24-14-15-35-27(19-37)29(24)31(38)36(22-10-11-22)18-21-4-3-6-26(33)30(21)34/h1-9,12-13,22,27,35,37H,10-11,14-19H2. The molecular formula is C31H31Cl3N2O4. The van der Waals surface area contributed by atoms with Crippen LogP contribution < -0.4 is 14.8 Å². The topological polar surface area (TPSA) is 71.0 Å². The van der Waals surface area contributed by atoms with Gasteiger partial charge in [-0.05, 0) is 72.8 Å². The van der Waals surface area contributed by atoms with E-state index >= 15 is 0 Å². The zero-order chi connectivity index (χ0) is 28.1. The number of amides is 1. The number of carbonyl (C=O) groups is 1. The Hall–Kier alpha value is -2.74. The number of aliphatic hydroxyl groups excluding tert-OH is 1. The van der Waals surface area contributed by atoms with Crippen molar-refractivity contribution in [3.05, 3.63) is 98.5 Å². The van der Waals surface area contributed by atoms with E-state index in [9.17, 15) is 9.90 Å². The first-order valence-electron chi connectivity index (χ1n) is 13.4. The van der Waals surface area contributed by atoms with Crippen LogP contribution in [0.15, 0.2) is 72.3 Å². The first-order chi connectivity index (χ1) is 19.5. The second kappa shape index (κ2) is 13.3. The summed E-state index contributed by atoms with van der Waals surface area (Å²) >= 11 is 18.8. The van der Waals surface area contributed by atoms with Crippen LogP contribution in [0.2, 0.25) is 15.1 Å². The van der Waals surface area contributed by atoms with Crippen LogP contribution in [-0.4, -0.2) is 54.4 Å². The van der Waals surface area contributed by atoms with Crippen molar-refractivity contribution >= 4 is 46.3 Å². The molecule has 5 rings (SSSR count). The lowest BCUT2D eigenvalue weighted by atomic mass is 9.88. The molecular weight excluding hydrogens is 571 g/mol. The Labute approximate surface area is 249 Å². The molecule has 1 amide bonds. The van der Waals surface area contributed by atoms with Gasteiger partial charge in [-0.25, -0.2) is 0 Å². The second-order valence-corrected chi connectivity index (χ2v) is 11.1. The maximum atomic E-state index is 14.1. The van der Waals surface area contributed by atoms with Gasteiger partial charge in [0, 0.05) is 18.2 Å². The number of nitrogens with one attached hydrogen (secondary N) is 1. The number of hydrogen-bond acceptors (Lipinski definition) is 5. The van der Waals surface area contributed by atoms with Gasteiger partial charge >= 0.3 is 0 Å². The van der Waals surface area contributed by atoms with Crippen molar-refractivity contribution < 1.29 is 19.4 Å². The third kappa shape index (κ3) is 6.76. The minimum Gasteiger partial charge on any atom is -0.490 e. The minimum atomic E-state index is -0.454. The summed E-state index contributed by atoms with van der Waals surface area (Å²) < 4.78 is 11.5. The first-order valence-corrected chi connectivity index (χ1v) is 14.5. The molecule has 210 valence electrons. The van der Waals surface area contributed by atoms with Gasteiger partial charge in [-0.1, -0.05) is 71.2 Å². The summed E-state index contributed by atoms with van der Waals surface area (Å²) in [6.45, 7) is 1.57. The fourth-order valence-corrected chi connectivity index (χ4v) is 5.51. The molecule has 1 heterocycles. The molecule has 0 aromatic heterocycles. The Kier molecular flexibility index (Phi) is 9.56. The molecule has 1 aliphatic carbocycles. The highest BCUT2D eigenvalue weighted by atomic mass is 35.5. The van der Waals surface area contributed by atoms with E-state index in [0.717, 1.165) is 29.5 Å². The molecule has 1 saturated carbocycles. The number of nitrogens with zero attached hydrogens (tertiary/aromatic N) is 1. The normalized spacial score (nSPS) is 17.1. The van der Waals surface area contributed by atoms with Crippen LogP contribution in [0.3, 0.4) is 0 Å². The van der Waals surface area contributed by atoms with E-state index in [1.54, 1.807) is 12.1 Å². The van der Waals surface area contributed by atoms with Crippen molar-refractivity contribution in [2.75, 3.05) is 26.4 Å². The van der Waals surface area contributed by atoms with Gasteiger partial charge in [0.15, 0.2) is 0 Å². The number of aliphatic hydroxyl groups is 1. The summed E-state index contributed by atoms with van der Waals surface area (Å²) in [6, 6.07) is 20.2. The average molecular weight is 602 g/mol. The molecule has 1 atom stereocenters. The Balaban J connectivity index is 1.33. The summed E-state index contributed by atoms with van der Waals surface area (Å²) in [4.78, 5) is 16.0. The van der Waals surface area contributed by atoms with Crippen molar-refractivity contribution in [2.24, 2.45) is 0 Å². The zero-order valence-electron chi connectivity index (χ0n) is 21.9. The van der Waals surface area contributed by atoms with Gasteiger partial charge in [0.1, 0.15) is 24.7 Å². The average Bonchev–Trinajstić information content (AvgIpc) is 3.82. The van der Waals surface area contributed by atoms with E-state index in [0.29, 0.717) is 64.9 Å². The third-order valence-electron chi connectivity index (χ3n) is 7.12. The highest BCUT2D eigenvalue weighted by molar-refractivity contribution is 6.42. The first kappa shape index (κ1) is 28.8. The van der Waals surface area contributed by atoms with E-state index in [1.165, 1.54) is 0 Å². The van der Waals surface area contributed by atoms with Crippen molar-refractivity contribution in [1.29, 1.82) is 0 Å². The van der Waals surface area contributed by atoms with Gasteiger partial charge in [0.2, 0.25) is 0 Å². The predicted octanol–water partition coefficient (Wildman–Crippen LogP) is 6.40. The quantitative estimate of drug-likeness (QED) is 0.249. The van der Waals surface area contributed by atoms with Crippen LogP contribution in [0, 0.1) is 0 Å². The van der Waals surface area contributed by atoms with Gasteiger partial charge in [0.25, 0.3) is 5.91 Å². The molecule has 2 N–H and O–H groups in total. The number of ether oxygens (including phenoxy) is 2. The van der Waals surface area contributed by atoms with Crippen LogP contribution in [0.5, 0.6) is 11.5 Å². The molecule has 1 aliphatic heterocycles. The van der Waals surface area contributed by atoms with Crippen LogP contribution >= 0.6 is 34.8 Å². The summed E-state index contributed by atoms with van der Waals surface area (Å²) in [6.07, 6.45) is 2.55. The van der Waals surface area contributed by atoms with Gasteiger partial charge in [-0.15, -0.1) is 0 Å². The number of halogens is 3. The largest absolute Gasteiger partial charge is 0.490 e. The highest BCUT2D eigenvalue weighted by Gasteiger charge is 2.38.